The first-order chi connectivity index (χ1) is 11.1. The maximum absolute atomic E-state index is 12.3. The molecule has 0 aliphatic heterocycles. The van der Waals surface area contributed by atoms with E-state index in [2.05, 4.69) is 15.0 Å². The summed E-state index contributed by atoms with van der Waals surface area (Å²) in [5, 5.41) is 2.63. The fourth-order valence-corrected chi connectivity index (χ4v) is 1.83. The number of anilines is 1. The summed E-state index contributed by atoms with van der Waals surface area (Å²) in [5.74, 6) is 0.449. The number of aromatic nitrogens is 1. The van der Waals surface area contributed by atoms with Gasteiger partial charge in [-0.25, -0.2) is 9.78 Å². The van der Waals surface area contributed by atoms with E-state index in [-0.39, 0.29) is 5.91 Å². The summed E-state index contributed by atoms with van der Waals surface area (Å²) in [7, 11) is 4.29. The van der Waals surface area contributed by atoms with Crippen LogP contribution in [0.4, 0.5) is 5.82 Å². The topological polar surface area (TPSA) is 86.8 Å². The molecule has 23 heavy (non-hydrogen) atoms. The molecule has 0 radical (unpaired) electrons. The molecule has 1 aromatic carbocycles. The number of methoxy groups -OCH3 is 3. The van der Waals surface area contributed by atoms with Crippen molar-refractivity contribution >= 4 is 17.7 Å². The van der Waals surface area contributed by atoms with Crippen LogP contribution in [0.2, 0.25) is 0 Å². The third-order valence-corrected chi connectivity index (χ3v) is 3.04. The van der Waals surface area contributed by atoms with E-state index in [1.165, 1.54) is 39.7 Å². The molecule has 1 aromatic heterocycles. The second-order valence-electron chi connectivity index (χ2n) is 4.48. The van der Waals surface area contributed by atoms with Crippen molar-refractivity contribution in [3.05, 3.63) is 47.7 Å². The van der Waals surface area contributed by atoms with Crippen LogP contribution in [0.1, 0.15) is 20.7 Å². The highest BCUT2D eigenvalue weighted by Crippen LogP contribution is 2.23. The first-order valence-electron chi connectivity index (χ1n) is 6.66. The first kappa shape index (κ1) is 16.3. The molecule has 1 heterocycles. The Balaban J connectivity index is 2.17. The molecule has 0 atom stereocenters. The SMILES string of the molecule is COC(=O)c1ccc(NC(=O)c2cc(OC)cc(OC)c2)nc1. The molecule has 2 aromatic rings. The van der Waals surface area contributed by atoms with E-state index in [9.17, 15) is 9.59 Å². The van der Waals surface area contributed by atoms with Gasteiger partial charge in [0.05, 0.1) is 26.9 Å². The lowest BCUT2D eigenvalue weighted by molar-refractivity contribution is 0.0600. The number of esters is 1. The molecule has 0 aliphatic rings. The van der Waals surface area contributed by atoms with E-state index < -0.39 is 5.97 Å². The van der Waals surface area contributed by atoms with Crippen LogP contribution in [0.3, 0.4) is 0 Å². The predicted molar refractivity (Wildman–Crippen MR) is 83.1 cm³/mol. The van der Waals surface area contributed by atoms with E-state index in [1.54, 1.807) is 18.2 Å². The van der Waals surface area contributed by atoms with Gasteiger partial charge >= 0.3 is 5.97 Å². The number of nitrogens with zero attached hydrogens (tertiary/aromatic N) is 1. The third-order valence-electron chi connectivity index (χ3n) is 3.04. The molecule has 0 fully saturated rings. The second-order valence-corrected chi connectivity index (χ2v) is 4.48. The van der Waals surface area contributed by atoms with Crippen LogP contribution in [0, 0.1) is 0 Å². The Morgan fingerprint density at radius 2 is 1.61 bits per heavy atom. The number of rotatable bonds is 5. The summed E-state index contributed by atoms with van der Waals surface area (Å²) < 4.78 is 14.8. The monoisotopic (exact) mass is 316 g/mol. The van der Waals surface area contributed by atoms with Crippen molar-refractivity contribution in [3.63, 3.8) is 0 Å². The zero-order valence-electron chi connectivity index (χ0n) is 13.0. The highest BCUT2D eigenvalue weighted by Gasteiger charge is 2.12. The van der Waals surface area contributed by atoms with E-state index in [0.717, 1.165) is 0 Å². The quantitative estimate of drug-likeness (QED) is 0.850. The molecule has 1 amide bonds. The third kappa shape index (κ3) is 3.97. The van der Waals surface area contributed by atoms with Crippen LogP contribution in [0.25, 0.3) is 0 Å². The highest BCUT2D eigenvalue weighted by atomic mass is 16.5. The summed E-state index contributed by atoms with van der Waals surface area (Å²) in [6, 6.07) is 7.86. The fourth-order valence-electron chi connectivity index (χ4n) is 1.83. The summed E-state index contributed by atoms with van der Waals surface area (Å²) >= 11 is 0. The van der Waals surface area contributed by atoms with Crippen molar-refractivity contribution < 1.29 is 23.8 Å². The molecule has 0 bridgehead atoms. The van der Waals surface area contributed by atoms with Gasteiger partial charge in [-0.15, -0.1) is 0 Å². The predicted octanol–water partition coefficient (Wildman–Crippen LogP) is 2.14. The summed E-state index contributed by atoms with van der Waals surface area (Å²) in [6.07, 6.45) is 1.33. The normalized spacial score (nSPS) is 9.87. The van der Waals surface area contributed by atoms with Gasteiger partial charge in [-0.05, 0) is 24.3 Å². The molecular weight excluding hydrogens is 300 g/mol. The average Bonchev–Trinajstić information content (AvgIpc) is 2.61. The lowest BCUT2D eigenvalue weighted by Gasteiger charge is -2.09. The fraction of sp³-hybridized carbons (Fsp3) is 0.188. The number of nitrogens with one attached hydrogen (secondary N) is 1. The molecule has 2 rings (SSSR count). The number of hydrogen-bond acceptors (Lipinski definition) is 6. The second kappa shape index (κ2) is 7.26. The molecule has 0 unspecified atom stereocenters. The van der Waals surface area contributed by atoms with Gasteiger partial charge in [0.2, 0.25) is 0 Å². The summed E-state index contributed by atoms with van der Waals surface area (Å²) in [5.41, 5.74) is 0.661. The van der Waals surface area contributed by atoms with Crippen molar-refractivity contribution in [2.24, 2.45) is 0 Å². The number of benzene rings is 1. The van der Waals surface area contributed by atoms with Crippen molar-refractivity contribution in [1.29, 1.82) is 0 Å². The lowest BCUT2D eigenvalue weighted by Crippen LogP contribution is -2.13. The zero-order chi connectivity index (χ0) is 16.8. The number of carbonyl (C=O) groups excluding carboxylic acids is 2. The maximum atomic E-state index is 12.3. The van der Waals surface area contributed by atoms with Gasteiger partial charge in [-0.1, -0.05) is 0 Å². The Hall–Kier alpha value is -3.09. The van der Waals surface area contributed by atoms with E-state index in [4.69, 9.17) is 9.47 Å². The van der Waals surface area contributed by atoms with Crippen LogP contribution >= 0.6 is 0 Å². The Kier molecular flexibility index (Phi) is 5.14. The van der Waals surface area contributed by atoms with Crippen LogP contribution < -0.4 is 14.8 Å². The maximum Gasteiger partial charge on any atom is 0.339 e. The van der Waals surface area contributed by atoms with Crippen molar-refractivity contribution in [2.45, 2.75) is 0 Å². The van der Waals surface area contributed by atoms with Crippen molar-refractivity contribution in [2.75, 3.05) is 26.6 Å². The number of hydrogen-bond donors (Lipinski definition) is 1. The Labute approximate surface area is 133 Å². The van der Waals surface area contributed by atoms with Gasteiger partial charge in [0.1, 0.15) is 17.3 Å². The van der Waals surface area contributed by atoms with Crippen LogP contribution in [-0.4, -0.2) is 38.2 Å². The van der Waals surface area contributed by atoms with Gasteiger partial charge in [0.25, 0.3) is 5.91 Å². The Morgan fingerprint density at radius 1 is 0.957 bits per heavy atom. The minimum Gasteiger partial charge on any atom is -0.497 e. The molecule has 1 N–H and O–H groups in total. The Morgan fingerprint density at radius 3 is 2.09 bits per heavy atom. The van der Waals surface area contributed by atoms with Crippen LogP contribution in [0.5, 0.6) is 11.5 Å². The van der Waals surface area contributed by atoms with E-state index >= 15 is 0 Å². The number of carbonyl (C=O) groups is 2. The molecule has 0 saturated heterocycles. The van der Waals surface area contributed by atoms with Gasteiger partial charge in [-0.3, -0.25) is 4.79 Å². The van der Waals surface area contributed by atoms with Gasteiger partial charge < -0.3 is 19.5 Å². The van der Waals surface area contributed by atoms with Gasteiger partial charge in [-0.2, -0.15) is 0 Å². The van der Waals surface area contributed by atoms with Gasteiger partial charge in [0.15, 0.2) is 0 Å². The Bertz CT molecular complexity index is 691. The number of ether oxygens (including phenoxy) is 3. The largest absolute Gasteiger partial charge is 0.497 e. The summed E-state index contributed by atoms with van der Waals surface area (Å²) in [4.78, 5) is 27.6. The molecular formula is C16H16N2O5. The molecule has 0 spiro atoms. The van der Waals surface area contributed by atoms with Crippen molar-refractivity contribution in [1.82, 2.24) is 4.98 Å². The van der Waals surface area contributed by atoms with E-state index in [0.29, 0.717) is 28.4 Å². The van der Waals surface area contributed by atoms with Crippen LogP contribution in [-0.2, 0) is 4.74 Å². The standard InChI is InChI=1S/C16H16N2O5/c1-21-12-6-11(7-13(8-12)22-2)15(19)18-14-5-4-10(9-17-14)16(20)23-3/h4-9H,1-3H3,(H,17,18,19). The minimum atomic E-state index is -0.493. The first-order valence-corrected chi connectivity index (χ1v) is 6.66. The van der Waals surface area contributed by atoms with Gasteiger partial charge in [0, 0.05) is 17.8 Å². The number of amides is 1. The molecule has 120 valence electrons. The average molecular weight is 316 g/mol. The minimum absolute atomic E-state index is 0.300. The number of pyridine rings is 1. The summed E-state index contributed by atoms with van der Waals surface area (Å²) in [6.45, 7) is 0. The van der Waals surface area contributed by atoms with E-state index in [1.807, 2.05) is 0 Å². The molecule has 7 heteroatoms. The molecule has 0 aliphatic carbocycles. The molecule has 0 saturated carbocycles. The molecule has 7 nitrogen and oxygen atoms in total. The van der Waals surface area contributed by atoms with Crippen molar-refractivity contribution in [3.8, 4) is 11.5 Å². The zero-order valence-corrected chi connectivity index (χ0v) is 13.0. The smallest absolute Gasteiger partial charge is 0.339 e. The highest BCUT2D eigenvalue weighted by molar-refractivity contribution is 6.04. The lowest BCUT2D eigenvalue weighted by atomic mass is 10.2. The van der Waals surface area contributed by atoms with Crippen LogP contribution in [0.15, 0.2) is 36.5 Å².